The maximum absolute atomic E-state index is 13.2. The molecule has 0 radical (unpaired) electrons. The van der Waals surface area contributed by atoms with E-state index in [0.29, 0.717) is 37.6 Å². The van der Waals surface area contributed by atoms with Crippen LogP contribution in [0.5, 0.6) is 0 Å². The second kappa shape index (κ2) is 10.1. The molecule has 1 aliphatic heterocycles. The predicted octanol–water partition coefficient (Wildman–Crippen LogP) is 2.89. The fourth-order valence-electron chi connectivity index (χ4n) is 4.38. The zero-order chi connectivity index (χ0) is 24.3. The lowest BCUT2D eigenvalue weighted by Crippen LogP contribution is -2.55. The molecule has 1 aliphatic rings. The lowest BCUT2D eigenvalue weighted by Gasteiger charge is -2.37. The molecule has 3 aromatic rings. The zero-order valence-electron chi connectivity index (χ0n) is 19.6. The van der Waals surface area contributed by atoms with Crippen LogP contribution in [-0.4, -0.2) is 60.9 Å². The molecule has 1 amide bonds. The van der Waals surface area contributed by atoms with Crippen molar-refractivity contribution in [3.05, 3.63) is 83.2 Å². The van der Waals surface area contributed by atoms with E-state index in [1.54, 1.807) is 13.8 Å². The minimum Gasteiger partial charge on any atom is -0.360 e. The number of aryl methyl sites for hydroxylation is 2. The van der Waals surface area contributed by atoms with Crippen molar-refractivity contribution in [3.63, 3.8) is 0 Å². The number of amides is 1. The lowest BCUT2D eigenvalue weighted by atomic mass is 9.98. The molecular weight excluding hydrogens is 452 g/mol. The smallest absolute Gasteiger partial charge is 0.248 e. The lowest BCUT2D eigenvalue weighted by molar-refractivity contribution is -0.126. The molecule has 0 bridgehead atoms. The SMILES string of the molecule is Cc1noc(C)c1S(=O)(=O)N1CCN(C(C)C(=O)NC(c2ccccc2)c2ccccc2)CC1. The van der Waals surface area contributed by atoms with E-state index in [2.05, 4.69) is 10.5 Å². The maximum Gasteiger partial charge on any atom is 0.248 e. The van der Waals surface area contributed by atoms with Gasteiger partial charge in [0.25, 0.3) is 0 Å². The van der Waals surface area contributed by atoms with Crippen molar-refractivity contribution in [2.24, 2.45) is 0 Å². The van der Waals surface area contributed by atoms with E-state index in [9.17, 15) is 13.2 Å². The summed E-state index contributed by atoms with van der Waals surface area (Å²) >= 11 is 0. The topological polar surface area (TPSA) is 95.8 Å². The van der Waals surface area contributed by atoms with Gasteiger partial charge in [0.2, 0.25) is 15.9 Å². The van der Waals surface area contributed by atoms with Crippen molar-refractivity contribution in [1.82, 2.24) is 19.7 Å². The molecule has 9 heteroatoms. The first-order valence-electron chi connectivity index (χ1n) is 11.4. The number of nitrogens with zero attached hydrogens (tertiary/aromatic N) is 3. The predicted molar refractivity (Wildman–Crippen MR) is 129 cm³/mol. The van der Waals surface area contributed by atoms with Gasteiger partial charge in [0.05, 0.1) is 12.1 Å². The number of nitrogens with one attached hydrogen (secondary N) is 1. The van der Waals surface area contributed by atoms with E-state index in [-0.39, 0.29) is 16.8 Å². The molecule has 1 aromatic heterocycles. The molecule has 1 unspecified atom stereocenters. The third-order valence-corrected chi connectivity index (χ3v) is 8.46. The summed E-state index contributed by atoms with van der Waals surface area (Å²) in [5.74, 6) is 0.195. The Labute approximate surface area is 200 Å². The van der Waals surface area contributed by atoms with Crippen LogP contribution in [0, 0.1) is 13.8 Å². The fourth-order valence-corrected chi connectivity index (χ4v) is 6.10. The summed E-state index contributed by atoms with van der Waals surface area (Å²) in [7, 11) is -3.69. The normalized spacial score (nSPS) is 16.5. The molecule has 1 fully saturated rings. The third kappa shape index (κ3) is 4.91. The number of carbonyl (C=O) groups excluding carboxylic acids is 1. The number of carbonyl (C=O) groups is 1. The summed E-state index contributed by atoms with van der Waals surface area (Å²) in [5.41, 5.74) is 2.37. The molecule has 34 heavy (non-hydrogen) atoms. The largest absolute Gasteiger partial charge is 0.360 e. The highest BCUT2D eigenvalue weighted by Gasteiger charge is 2.35. The van der Waals surface area contributed by atoms with E-state index in [1.165, 1.54) is 4.31 Å². The number of sulfonamides is 1. The van der Waals surface area contributed by atoms with Gasteiger partial charge in [-0.2, -0.15) is 4.31 Å². The van der Waals surface area contributed by atoms with E-state index in [1.807, 2.05) is 72.5 Å². The summed E-state index contributed by atoms with van der Waals surface area (Å²) in [5, 5.41) is 6.97. The van der Waals surface area contributed by atoms with Crippen molar-refractivity contribution in [2.75, 3.05) is 26.2 Å². The number of hydrogen-bond donors (Lipinski definition) is 1. The molecule has 4 rings (SSSR count). The molecule has 0 saturated carbocycles. The van der Waals surface area contributed by atoms with Crippen molar-refractivity contribution >= 4 is 15.9 Å². The van der Waals surface area contributed by atoms with Gasteiger partial charge >= 0.3 is 0 Å². The van der Waals surface area contributed by atoms with Gasteiger partial charge in [-0.25, -0.2) is 8.42 Å². The van der Waals surface area contributed by atoms with Crippen molar-refractivity contribution in [1.29, 1.82) is 0 Å². The highest BCUT2D eigenvalue weighted by atomic mass is 32.2. The van der Waals surface area contributed by atoms with Crippen LogP contribution in [0.3, 0.4) is 0 Å². The molecule has 0 aliphatic carbocycles. The van der Waals surface area contributed by atoms with Crippen LogP contribution in [0.4, 0.5) is 0 Å². The molecule has 180 valence electrons. The van der Waals surface area contributed by atoms with E-state index >= 15 is 0 Å². The third-order valence-electron chi connectivity index (χ3n) is 6.32. The number of rotatable bonds is 7. The number of piperazine rings is 1. The Morgan fingerprint density at radius 1 is 0.941 bits per heavy atom. The Balaban J connectivity index is 1.43. The fraction of sp³-hybridized carbons (Fsp3) is 0.360. The van der Waals surface area contributed by atoms with Gasteiger partial charge in [-0.3, -0.25) is 9.69 Å². The van der Waals surface area contributed by atoms with Crippen LogP contribution in [-0.2, 0) is 14.8 Å². The molecule has 1 atom stereocenters. The van der Waals surface area contributed by atoms with E-state index in [4.69, 9.17) is 4.52 Å². The molecule has 8 nitrogen and oxygen atoms in total. The molecule has 2 aromatic carbocycles. The Kier molecular flexibility index (Phi) is 7.16. The molecule has 1 saturated heterocycles. The van der Waals surface area contributed by atoms with Crippen LogP contribution < -0.4 is 5.32 Å². The summed E-state index contributed by atoms with van der Waals surface area (Å²) in [6.07, 6.45) is 0. The van der Waals surface area contributed by atoms with Gasteiger partial charge in [0.15, 0.2) is 5.76 Å². The number of aromatic nitrogens is 1. The Morgan fingerprint density at radius 3 is 1.94 bits per heavy atom. The number of hydrogen-bond acceptors (Lipinski definition) is 6. The highest BCUT2D eigenvalue weighted by Crippen LogP contribution is 2.25. The Hall–Kier alpha value is -3.01. The van der Waals surface area contributed by atoms with Crippen LogP contribution in [0.15, 0.2) is 70.1 Å². The first kappa shape index (κ1) is 24.1. The highest BCUT2D eigenvalue weighted by molar-refractivity contribution is 7.89. The average Bonchev–Trinajstić information content (AvgIpc) is 3.21. The van der Waals surface area contributed by atoms with Crippen molar-refractivity contribution in [3.8, 4) is 0 Å². The summed E-state index contributed by atoms with van der Waals surface area (Å²) < 4.78 is 32.7. The van der Waals surface area contributed by atoms with E-state index < -0.39 is 16.1 Å². The second-order valence-electron chi connectivity index (χ2n) is 8.53. The van der Waals surface area contributed by atoms with Crippen LogP contribution in [0.2, 0.25) is 0 Å². The average molecular weight is 483 g/mol. The monoisotopic (exact) mass is 482 g/mol. The molecular formula is C25H30N4O4S. The van der Waals surface area contributed by atoms with E-state index in [0.717, 1.165) is 11.1 Å². The first-order valence-corrected chi connectivity index (χ1v) is 12.8. The van der Waals surface area contributed by atoms with Gasteiger partial charge in [-0.15, -0.1) is 0 Å². The van der Waals surface area contributed by atoms with Crippen LogP contribution in [0.1, 0.15) is 35.5 Å². The number of benzene rings is 2. The van der Waals surface area contributed by atoms with Gasteiger partial charge in [-0.1, -0.05) is 65.8 Å². The first-order chi connectivity index (χ1) is 16.3. The Bertz CT molecular complexity index is 1160. The molecule has 1 N–H and O–H groups in total. The van der Waals surface area contributed by atoms with Gasteiger partial charge in [-0.05, 0) is 31.9 Å². The molecule has 2 heterocycles. The maximum atomic E-state index is 13.2. The second-order valence-corrected chi connectivity index (χ2v) is 10.4. The van der Waals surface area contributed by atoms with Crippen molar-refractivity contribution < 1.29 is 17.7 Å². The summed E-state index contributed by atoms with van der Waals surface area (Å²) in [6, 6.07) is 19.1. The standard InChI is InChI=1S/C25H30N4O4S/c1-18-24(20(3)33-27-18)34(31,32)29-16-14-28(15-17-29)19(2)25(30)26-23(21-10-6-4-7-11-21)22-12-8-5-9-13-22/h4-13,19,23H,14-17H2,1-3H3,(H,26,30). The molecule has 0 spiro atoms. The minimum absolute atomic E-state index is 0.0975. The summed E-state index contributed by atoms with van der Waals surface area (Å²) in [6.45, 7) is 6.60. The van der Waals surface area contributed by atoms with Gasteiger partial charge < -0.3 is 9.84 Å². The minimum atomic E-state index is -3.69. The van der Waals surface area contributed by atoms with Crippen LogP contribution in [0.25, 0.3) is 0 Å². The zero-order valence-corrected chi connectivity index (χ0v) is 20.5. The summed E-state index contributed by atoms with van der Waals surface area (Å²) in [4.78, 5) is 15.4. The van der Waals surface area contributed by atoms with Crippen molar-refractivity contribution in [2.45, 2.75) is 37.8 Å². The van der Waals surface area contributed by atoms with Gasteiger partial charge in [0, 0.05) is 26.2 Å². The van der Waals surface area contributed by atoms with Crippen LogP contribution >= 0.6 is 0 Å². The quantitative estimate of drug-likeness (QED) is 0.556. The van der Waals surface area contributed by atoms with Gasteiger partial charge in [0.1, 0.15) is 10.6 Å². The Morgan fingerprint density at radius 2 is 1.47 bits per heavy atom.